The second-order valence-corrected chi connectivity index (χ2v) is 6.66. The van der Waals surface area contributed by atoms with Crippen molar-refractivity contribution in [3.63, 3.8) is 0 Å². The highest BCUT2D eigenvalue weighted by Crippen LogP contribution is 2.32. The molecule has 3 rings (SSSR count). The standard InChI is InChI=1S/C20H20F3N3O3/c21-20(22,23)15-2-5-16(6-3-15)29-17-4-1-13-8-10-26(12-14(13)11-17)18(27)7-9-25-19(24)28/h1-6,11H,7-10,12H2,(H3,24,25,28). The molecule has 0 fully saturated rings. The number of halogens is 3. The van der Waals surface area contributed by atoms with Gasteiger partial charge in [0.05, 0.1) is 5.56 Å². The third-order valence-corrected chi connectivity index (χ3v) is 4.60. The lowest BCUT2D eigenvalue weighted by atomic mass is 9.99. The number of rotatable bonds is 5. The van der Waals surface area contributed by atoms with Gasteiger partial charge in [-0.1, -0.05) is 6.07 Å². The van der Waals surface area contributed by atoms with Crippen LogP contribution in [-0.2, 0) is 23.9 Å². The Bertz CT molecular complexity index is 898. The number of fused-ring (bicyclic) bond motifs is 1. The Morgan fingerprint density at radius 2 is 1.76 bits per heavy atom. The summed E-state index contributed by atoms with van der Waals surface area (Å²) in [6.07, 6.45) is -3.56. The molecule has 29 heavy (non-hydrogen) atoms. The van der Waals surface area contributed by atoms with Crippen LogP contribution in [0.15, 0.2) is 42.5 Å². The van der Waals surface area contributed by atoms with Crippen molar-refractivity contribution in [2.24, 2.45) is 5.73 Å². The van der Waals surface area contributed by atoms with Crippen molar-refractivity contribution in [1.29, 1.82) is 0 Å². The molecule has 0 radical (unpaired) electrons. The molecule has 2 aromatic rings. The first-order valence-electron chi connectivity index (χ1n) is 9.00. The quantitative estimate of drug-likeness (QED) is 0.796. The summed E-state index contributed by atoms with van der Waals surface area (Å²) < 4.78 is 43.6. The van der Waals surface area contributed by atoms with Crippen molar-refractivity contribution >= 4 is 11.9 Å². The molecule has 154 valence electrons. The number of nitrogens with one attached hydrogen (secondary N) is 1. The first kappa shape index (κ1) is 20.5. The van der Waals surface area contributed by atoms with Gasteiger partial charge in [-0.15, -0.1) is 0 Å². The van der Waals surface area contributed by atoms with Crippen molar-refractivity contribution in [1.82, 2.24) is 10.2 Å². The molecule has 0 saturated heterocycles. The van der Waals surface area contributed by atoms with Crippen LogP contribution in [0.1, 0.15) is 23.1 Å². The number of nitrogens with two attached hydrogens (primary N) is 1. The Labute approximate surface area is 165 Å². The van der Waals surface area contributed by atoms with E-state index in [1.165, 1.54) is 12.1 Å². The number of carbonyl (C=O) groups excluding carboxylic acids is 2. The molecular weight excluding hydrogens is 387 g/mol. The van der Waals surface area contributed by atoms with Gasteiger partial charge in [0.25, 0.3) is 0 Å². The van der Waals surface area contributed by atoms with Crippen LogP contribution < -0.4 is 15.8 Å². The van der Waals surface area contributed by atoms with Crippen LogP contribution in [0, 0.1) is 0 Å². The smallest absolute Gasteiger partial charge is 0.416 e. The summed E-state index contributed by atoms with van der Waals surface area (Å²) >= 11 is 0. The van der Waals surface area contributed by atoms with Crippen LogP contribution in [0.4, 0.5) is 18.0 Å². The van der Waals surface area contributed by atoms with Crippen LogP contribution in [0.2, 0.25) is 0 Å². The Hall–Kier alpha value is -3.23. The molecule has 0 atom stereocenters. The van der Waals surface area contributed by atoms with Gasteiger partial charge in [0, 0.05) is 26.1 Å². The summed E-state index contributed by atoms with van der Waals surface area (Å²) in [6, 6.07) is 9.23. The number of primary amides is 1. The van der Waals surface area contributed by atoms with Gasteiger partial charge in [-0.05, 0) is 53.9 Å². The molecule has 2 aromatic carbocycles. The van der Waals surface area contributed by atoms with E-state index >= 15 is 0 Å². The molecule has 1 aliphatic rings. The zero-order valence-corrected chi connectivity index (χ0v) is 15.5. The minimum absolute atomic E-state index is 0.0986. The molecule has 0 spiro atoms. The molecule has 1 aliphatic heterocycles. The van der Waals surface area contributed by atoms with Gasteiger partial charge >= 0.3 is 12.2 Å². The lowest BCUT2D eigenvalue weighted by Crippen LogP contribution is -2.38. The fourth-order valence-electron chi connectivity index (χ4n) is 3.11. The Morgan fingerprint density at radius 1 is 1.07 bits per heavy atom. The number of benzene rings is 2. The van der Waals surface area contributed by atoms with Gasteiger partial charge in [-0.3, -0.25) is 4.79 Å². The van der Waals surface area contributed by atoms with E-state index in [-0.39, 0.29) is 18.9 Å². The number of urea groups is 1. The number of carbonyl (C=O) groups is 2. The molecule has 0 bridgehead atoms. The lowest BCUT2D eigenvalue weighted by Gasteiger charge is -2.29. The van der Waals surface area contributed by atoms with Gasteiger partial charge in [-0.2, -0.15) is 13.2 Å². The molecule has 9 heteroatoms. The molecule has 3 N–H and O–H groups in total. The van der Waals surface area contributed by atoms with E-state index in [0.717, 1.165) is 23.3 Å². The van der Waals surface area contributed by atoms with Crippen molar-refractivity contribution in [2.75, 3.05) is 13.1 Å². The molecule has 0 unspecified atom stereocenters. The molecule has 0 saturated carbocycles. The maximum absolute atomic E-state index is 12.7. The van der Waals surface area contributed by atoms with Crippen LogP contribution in [0.3, 0.4) is 0 Å². The number of nitrogens with zero attached hydrogens (tertiary/aromatic N) is 1. The van der Waals surface area contributed by atoms with Gasteiger partial charge in [0.15, 0.2) is 0 Å². The average Bonchev–Trinajstić information content (AvgIpc) is 2.67. The predicted molar refractivity (Wildman–Crippen MR) is 99.3 cm³/mol. The highest BCUT2D eigenvalue weighted by Gasteiger charge is 2.30. The summed E-state index contributed by atoms with van der Waals surface area (Å²) in [5, 5.41) is 2.39. The van der Waals surface area contributed by atoms with E-state index in [9.17, 15) is 22.8 Å². The zero-order valence-electron chi connectivity index (χ0n) is 15.5. The predicted octanol–water partition coefficient (Wildman–Crippen LogP) is 3.44. The summed E-state index contributed by atoms with van der Waals surface area (Å²) in [5.41, 5.74) is 6.25. The van der Waals surface area contributed by atoms with E-state index in [1.807, 2.05) is 6.07 Å². The van der Waals surface area contributed by atoms with E-state index < -0.39 is 17.8 Å². The zero-order chi connectivity index (χ0) is 21.0. The molecular formula is C20H20F3N3O3. The third-order valence-electron chi connectivity index (χ3n) is 4.60. The SMILES string of the molecule is NC(=O)NCCC(=O)N1CCc2ccc(Oc3ccc(C(F)(F)F)cc3)cc2C1. The highest BCUT2D eigenvalue weighted by molar-refractivity contribution is 5.78. The minimum Gasteiger partial charge on any atom is -0.457 e. The van der Waals surface area contributed by atoms with Crippen LogP contribution in [0.25, 0.3) is 0 Å². The maximum Gasteiger partial charge on any atom is 0.416 e. The molecule has 1 heterocycles. The maximum atomic E-state index is 12.7. The van der Waals surface area contributed by atoms with E-state index in [0.29, 0.717) is 31.0 Å². The topological polar surface area (TPSA) is 84.7 Å². The van der Waals surface area contributed by atoms with Crippen molar-refractivity contribution in [2.45, 2.75) is 25.6 Å². The van der Waals surface area contributed by atoms with Crippen molar-refractivity contribution in [3.05, 3.63) is 59.2 Å². The van der Waals surface area contributed by atoms with Gasteiger partial charge in [0.1, 0.15) is 11.5 Å². The van der Waals surface area contributed by atoms with Crippen LogP contribution >= 0.6 is 0 Å². The molecule has 3 amide bonds. The average molecular weight is 407 g/mol. The van der Waals surface area contributed by atoms with E-state index in [2.05, 4.69) is 5.32 Å². The second kappa shape index (κ2) is 8.42. The first-order chi connectivity index (χ1) is 13.7. The number of hydrogen-bond acceptors (Lipinski definition) is 3. The summed E-state index contributed by atoms with van der Waals surface area (Å²) in [6.45, 7) is 1.14. The minimum atomic E-state index is -4.40. The summed E-state index contributed by atoms with van der Waals surface area (Å²) in [4.78, 5) is 24.7. The van der Waals surface area contributed by atoms with E-state index in [1.54, 1.807) is 17.0 Å². The highest BCUT2D eigenvalue weighted by atomic mass is 19.4. The number of ether oxygens (including phenoxy) is 1. The van der Waals surface area contributed by atoms with E-state index in [4.69, 9.17) is 10.5 Å². The summed E-state index contributed by atoms with van der Waals surface area (Å²) in [7, 11) is 0. The first-order valence-corrected chi connectivity index (χ1v) is 9.00. The van der Waals surface area contributed by atoms with Crippen molar-refractivity contribution < 1.29 is 27.5 Å². The Kier molecular flexibility index (Phi) is 5.95. The van der Waals surface area contributed by atoms with Crippen molar-refractivity contribution in [3.8, 4) is 11.5 Å². The normalized spacial score (nSPS) is 13.6. The largest absolute Gasteiger partial charge is 0.457 e. The second-order valence-electron chi connectivity index (χ2n) is 6.66. The molecule has 6 nitrogen and oxygen atoms in total. The van der Waals surface area contributed by atoms with Crippen LogP contribution in [0.5, 0.6) is 11.5 Å². The number of hydrogen-bond donors (Lipinski definition) is 2. The molecule has 0 aliphatic carbocycles. The lowest BCUT2D eigenvalue weighted by molar-refractivity contribution is -0.137. The van der Waals surface area contributed by atoms with Crippen LogP contribution in [-0.4, -0.2) is 29.9 Å². The fourth-order valence-corrected chi connectivity index (χ4v) is 3.11. The summed E-state index contributed by atoms with van der Waals surface area (Å²) in [5.74, 6) is 0.672. The van der Waals surface area contributed by atoms with Gasteiger partial charge < -0.3 is 20.7 Å². The fraction of sp³-hybridized carbons (Fsp3) is 0.300. The third kappa shape index (κ3) is 5.40. The monoisotopic (exact) mass is 407 g/mol. The number of amides is 3. The van der Waals surface area contributed by atoms with Gasteiger partial charge in [0.2, 0.25) is 5.91 Å². The Balaban J connectivity index is 1.65. The van der Waals surface area contributed by atoms with Gasteiger partial charge in [-0.25, -0.2) is 4.79 Å². The number of alkyl halides is 3. The molecule has 0 aromatic heterocycles. The Morgan fingerprint density at radius 3 is 2.41 bits per heavy atom.